The van der Waals surface area contributed by atoms with Gasteiger partial charge in [-0.2, -0.15) is 0 Å². The third-order valence-electron chi connectivity index (χ3n) is 2.80. The summed E-state index contributed by atoms with van der Waals surface area (Å²) < 4.78 is 17.0. The molecule has 0 fully saturated rings. The Balaban J connectivity index is 2.31. The highest BCUT2D eigenvalue weighted by Crippen LogP contribution is 2.16. The second kappa shape index (κ2) is 3.70. The van der Waals surface area contributed by atoms with Gasteiger partial charge in [0.2, 0.25) is 6.33 Å². The van der Waals surface area contributed by atoms with Gasteiger partial charge in [0, 0.05) is 0 Å². The molecule has 2 nitrogen and oxygen atoms in total. The van der Waals surface area contributed by atoms with Crippen LogP contribution in [0.1, 0.15) is 0 Å². The Bertz CT molecular complexity index is 686. The van der Waals surface area contributed by atoms with E-state index < -0.39 is 0 Å². The molecule has 2 aromatic carbocycles. The summed E-state index contributed by atoms with van der Waals surface area (Å²) in [5.74, 6) is -0.240. The summed E-state index contributed by atoms with van der Waals surface area (Å²) >= 11 is 0. The number of aromatic nitrogens is 2. The van der Waals surface area contributed by atoms with Crippen molar-refractivity contribution in [2.24, 2.45) is 7.05 Å². The molecule has 0 saturated heterocycles. The Labute approximate surface area is 98.5 Å². The van der Waals surface area contributed by atoms with Crippen molar-refractivity contribution in [1.82, 2.24) is 4.57 Å². The number of benzene rings is 2. The van der Waals surface area contributed by atoms with E-state index in [0.29, 0.717) is 0 Å². The molecule has 3 heteroatoms. The summed E-state index contributed by atoms with van der Waals surface area (Å²) in [6, 6.07) is 14.5. The fourth-order valence-corrected chi connectivity index (χ4v) is 2.01. The van der Waals surface area contributed by atoms with Gasteiger partial charge in [-0.1, -0.05) is 36.4 Å². The van der Waals surface area contributed by atoms with E-state index >= 15 is 0 Å². The molecule has 0 N–H and O–H groups in total. The summed E-state index contributed by atoms with van der Waals surface area (Å²) in [5.41, 5.74) is 2.86. The predicted molar refractivity (Wildman–Crippen MR) is 63.2 cm³/mol. The van der Waals surface area contributed by atoms with Crippen molar-refractivity contribution in [3.8, 4) is 5.69 Å². The lowest BCUT2D eigenvalue weighted by Crippen LogP contribution is -2.26. The highest BCUT2D eigenvalue weighted by Gasteiger charge is 2.06. The van der Waals surface area contributed by atoms with Crippen LogP contribution in [-0.2, 0) is 7.05 Å². The monoisotopic (exact) mass is 226 g/mol. The molecule has 1 aromatic heterocycles. The third-order valence-corrected chi connectivity index (χ3v) is 2.80. The van der Waals surface area contributed by atoms with Crippen LogP contribution >= 0.6 is 0 Å². The Morgan fingerprint density at radius 2 is 1.94 bits per heavy atom. The molecule has 0 aliphatic heterocycles. The van der Waals surface area contributed by atoms with Crippen molar-refractivity contribution >= 4 is 11.0 Å². The van der Waals surface area contributed by atoms with Gasteiger partial charge in [-0.25, -0.2) is 4.39 Å². The van der Waals surface area contributed by atoms with Crippen molar-refractivity contribution in [1.29, 1.82) is 0 Å². The van der Waals surface area contributed by atoms with Crippen molar-refractivity contribution < 1.29 is 8.96 Å². The maximum atomic E-state index is 13.2. The molecule has 0 amide bonds. The van der Waals surface area contributed by atoms with Crippen LogP contribution in [0.25, 0.3) is 16.7 Å². The van der Waals surface area contributed by atoms with Crippen LogP contribution in [0.2, 0.25) is 0 Å². The summed E-state index contributed by atoms with van der Waals surface area (Å²) in [6.45, 7) is 0. The zero-order chi connectivity index (χ0) is 11.8. The van der Waals surface area contributed by atoms with E-state index in [1.54, 1.807) is 6.07 Å². The minimum Gasteiger partial charge on any atom is -0.319 e. The van der Waals surface area contributed by atoms with E-state index in [9.17, 15) is 4.39 Å². The Hall–Kier alpha value is -2.16. The fraction of sp³-hybridized carbons (Fsp3) is 0.0714. The zero-order valence-electron chi connectivity index (χ0n) is 9.39. The first-order chi connectivity index (χ1) is 8.25. The molecule has 0 atom stereocenters. The number of rotatable bonds is 1. The Kier molecular flexibility index (Phi) is 2.18. The standard InChI is InChI=1S/C14H11FN2/c1-16-10-17(12-6-4-5-11(15)9-12)14-8-3-2-7-13(14)16/h2-9H,1H3. The van der Waals surface area contributed by atoms with Crippen LogP contribution in [-0.4, -0.2) is 4.57 Å². The average molecular weight is 226 g/mol. The number of halogens is 1. The van der Waals surface area contributed by atoms with Crippen LogP contribution in [0.4, 0.5) is 4.39 Å². The summed E-state index contributed by atoms with van der Waals surface area (Å²) in [6.07, 6.45) is 3.16. The number of nitrogens with zero attached hydrogens (tertiary/aromatic N) is 2. The number of hydrogen-bond donors (Lipinski definition) is 0. The maximum Gasteiger partial charge on any atom is 0.244 e. The molecule has 1 heterocycles. The molecule has 0 bridgehead atoms. The topological polar surface area (TPSA) is 8.81 Å². The van der Waals surface area contributed by atoms with Crippen molar-refractivity contribution in [2.75, 3.05) is 0 Å². The first-order valence-electron chi connectivity index (χ1n) is 5.40. The largest absolute Gasteiger partial charge is 0.319 e. The molecule has 0 aliphatic rings. The number of imidazole rings is 1. The molecular formula is C14H11FN2. The number of fused-ring (bicyclic) bond motifs is 1. The zero-order valence-corrected chi connectivity index (χ0v) is 9.39. The van der Waals surface area contributed by atoms with Gasteiger partial charge in [0.05, 0.1) is 23.8 Å². The quantitative estimate of drug-likeness (QED) is 0.445. The number of para-hydroxylation sites is 2. The third kappa shape index (κ3) is 1.60. The molecule has 17 heavy (non-hydrogen) atoms. The van der Waals surface area contributed by atoms with Gasteiger partial charge >= 0.3 is 0 Å². The first kappa shape index (κ1) is 10.0. The molecule has 3 rings (SSSR count). The Morgan fingerprint density at radius 1 is 1.12 bits per heavy atom. The minimum absolute atomic E-state index is 0.240. The van der Waals surface area contributed by atoms with Gasteiger partial charge in [0.15, 0.2) is 0 Å². The van der Waals surface area contributed by atoms with Gasteiger partial charge in [-0.15, -0.1) is 0 Å². The maximum absolute atomic E-state index is 13.2. The van der Waals surface area contributed by atoms with Crippen LogP contribution in [0.5, 0.6) is 0 Å². The van der Waals surface area contributed by atoms with Crippen LogP contribution in [0.15, 0.2) is 48.5 Å². The van der Waals surface area contributed by atoms with E-state index in [4.69, 9.17) is 0 Å². The SMILES string of the molecule is C[n+]1[c-]n(-c2cccc(F)c2)c2ccccc21. The minimum atomic E-state index is -0.240. The molecule has 0 spiro atoms. The fourth-order valence-electron chi connectivity index (χ4n) is 2.01. The van der Waals surface area contributed by atoms with Crippen molar-refractivity contribution in [2.45, 2.75) is 0 Å². The Morgan fingerprint density at radius 3 is 2.76 bits per heavy atom. The molecular weight excluding hydrogens is 215 g/mol. The smallest absolute Gasteiger partial charge is 0.244 e. The van der Waals surface area contributed by atoms with E-state index in [0.717, 1.165) is 16.7 Å². The average Bonchev–Trinajstić information content (AvgIpc) is 2.68. The molecule has 84 valence electrons. The lowest BCUT2D eigenvalue weighted by molar-refractivity contribution is -0.649. The van der Waals surface area contributed by atoms with Crippen molar-refractivity contribution in [3.05, 3.63) is 60.7 Å². The van der Waals surface area contributed by atoms with E-state index in [2.05, 4.69) is 6.33 Å². The van der Waals surface area contributed by atoms with Gasteiger partial charge in [-0.3, -0.25) is 0 Å². The molecule has 0 radical (unpaired) electrons. The van der Waals surface area contributed by atoms with Crippen LogP contribution in [0.3, 0.4) is 0 Å². The lowest BCUT2D eigenvalue weighted by atomic mass is 10.3. The summed E-state index contributed by atoms with van der Waals surface area (Å²) in [7, 11) is 1.93. The molecule has 0 saturated carbocycles. The predicted octanol–water partition coefficient (Wildman–Crippen LogP) is 2.39. The second-order valence-electron chi connectivity index (χ2n) is 3.96. The normalized spacial score (nSPS) is 10.9. The highest BCUT2D eigenvalue weighted by atomic mass is 19.1. The number of hydrogen-bond acceptors (Lipinski definition) is 0. The molecule has 0 aliphatic carbocycles. The van der Waals surface area contributed by atoms with E-state index in [-0.39, 0.29) is 5.82 Å². The van der Waals surface area contributed by atoms with Crippen molar-refractivity contribution in [3.63, 3.8) is 0 Å². The van der Waals surface area contributed by atoms with E-state index in [1.807, 2.05) is 46.5 Å². The summed E-state index contributed by atoms with van der Waals surface area (Å²) in [5, 5.41) is 0. The molecule has 3 aromatic rings. The lowest BCUT2D eigenvalue weighted by Gasteiger charge is -2.04. The van der Waals surface area contributed by atoms with Gasteiger partial charge in [-0.05, 0) is 12.1 Å². The molecule has 0 unspecified atom stereocenters. The van der Waals surface area contributed by atoms with Gasteiger partial charge < -0.3 is 9.13 Å². The van der Waals surface area contributed by atoms with Crippen LogP contribution < -0.4 is 4.57 Å². The first-order valence-corrected chi connectivity index (χ1v) is 5.40. The highest BCUT2D eigenvalue weighted by molar-refractivity contribution is 5.73. The number of aryl methyl sites for hydroxylation is 1. The van der Waals surface area contributed by atoms with E-state index in [1.165, 1.54) is 12.1 Å². The summed E-state index contributed by atoms with van der Waals surface area (Å²) in [4.78, 5) is 0. The van der Waals surface area contributed by atoms with Gasteiger partial charge in [0.25, 0.3) is 0 Å². The van der Waals surface area contributed by atoms with Crippen LogP contribution in [0, 0.1) is 12.1 Å². The second-order valence-corrected chi connectivity index (χ2v) is 3.96. The van der Waals surface area contributed by atoms with Gasteiger partial charge in [0.1, 0.15) is 5.82 Å².